The van der Waals surface area contributed by atoms with Gasteiger partial charge in [-0.1, -0.05) is 42.6 Å². The average Bonchev–Trinajstić information content (AvgIpc) is 3.03. The summed E-state index contributed by atoms with van der Waals surface area (Å²) in [5, 5.41) is 3.83. The number of fused-ring (bicyclic) bond motifs is 1. The number of hydrogen-bond acceptors (Lipinski definition) is 4. The van der Waals surface area contributed by atoms with Crippen LogP contribution in [0.4, 0.5) is 0 Å². The molecular formula is C21H24Cl2N4O2. The molecule has 1 unspecified atom stereocenters. The highest BCUT2D eigenvalue weighted by Gasteiger charge is 2.25. The Balaban J connectivity index is 2.08. The van der Waals surface area contributed by atoms with Crippen LogP contribution in [-0.4, -0.2) is 40.7 Å². The van der Waals surface area contributed by atoms with Crippen molar-refractivity contribution in [2.24, 2.45) is 0 Å². The highest BCUT2D eigenvalue weighted by atomic mass is 35.5. The van der Waals surface area contributed by atoms with Crippen LogP contribution in [0.15, 0.2) is 36.7 Å². The largest absolute Gasteiger partial charge is 0.383 e. The van der Waals surface area contributed by atoms with Gasteiger partial charge in [-0.25, -0.2) is 4.98 Å². The Morgan fingerprint density at radius 1 is 1.31 bits per heavy atom. The molecule has 2 heterocycles. The van der Waals surface area contributed by atoms with E-state index in [1.165, 1.54) is 0 Å². The second-order valence-electron chi connectivity index (χ2n) is 6.78. The second-order valence-corrected chi connectivity index (χ2v) is 7.59. The van der Waals surface area contributed by atoms with Gasteiger partial charge in [-0.15, -0.1) is 0 Å². The highest BCUT2D eigenvalue weighted by Crippen LogP contribution is 2.32. The first-order valence-corrected chi connectivity index (χ1v) is 10.3. The Morgan fingerprint density at radius 2 is 2.10 bits per heavy atom. The molecule has 0 aliphatic carbocycles. The van der Waals surface area contributed by atoms with Crippen LogP contribution in [-0.2, 0) is 16.0 Å². The summed E-state index contributed by atoms with van der Waals surface area (Å²) in [6, 6.07) is 6.99. The van der Waals surface area contributed by atoms with Gasteiger partial charge in [0.05, 0.1) is 27.7 Å². The number of carbonyl (C=O) groups excluding carboxylic acids is 1. The Bertz CT molecular complexity index is 976. The number of aromatic nitrogens is 3. The summed E-state index contributed by atoms with van der Waals surface area (Å²) in [6.45, 7) is 2.96. The Hall–Kier alpha value is -2.15. The first kappa shape index (κ1) is 21.6. The van der Waals surface area contributed by atoms with E-state index < -0.39 is 6.04 Å². The first-order chi connectivity index (χ1) is 14.0. The van der Waals surface area contributed by atoms with E-state index in [9.17, 15) is 4.79 Å². The summed E-state index contributed by atoms with van der Waals surface area (Å²) in [6.07, 6.45) is 5.59. The number of carbonyl (C=O) groups is 1. The molecule has 6 nitrogen and oxygen atoms in total. The van der Waals surface area contributed by atoms with Crippen LogP contribution in [0.25, 0.3) is 11.0 Å². The van der Waals surface area contributed by atoms with E-state index in [0.717, 1.165) is 23.3 Å². The van der Waals surface area contributed by atoms with Gasteiger partial charge in [-0.2, -0.15) is 0 Å². The quantitative estimate of drug-likeness (QED) is 0.505. The van der Waals surface area contributed by atoms with E-state index in [2.05, 4.69) is 17.2 Å². The van der Waals surface area contributed by atoms with Gasteiger partial charge in [0, 0.05) is 32.5 Å². The van der Waals surface area contributed by atoms with Gasteiger partial charge < -0.3 is 14.6 Å². The molecule has 3 rings (SSSR count). The van der Waals surface area contributed by atoms with Crippen LogP contribution in [0.5, 0.6) is 0 Å². The summed E-state index contributed by atoms with van der Waals surface area (Å²) in [4.78, 5) is 22.0. The van der Waals surface area contributed by atoms with Crippen molar-refractivity contribution in [3.63, 3.8) is 0 Å². The molecule has 0 aliphatic heterocycles. The minimum absolute atomic E-state index is 0.0679. The standard InChI is InChI=1S/C21H24Cl2N4O2/c1-3-5-18(21(28)25-8-9-29-2)27-19-12-16(23)15(22)11-17(19)26-20(27)10-14-6-4-7-24-13-14/h4,6-7,11-13,18H,3,5,8-10H2,1-2H3,(H,25,28). The van der Waals surface area contributed by atoms with E-state index in [4.69, 9.17) is 32.9 Å². The Labute approximate surface area is 180 Å². The van der Waals surface area contributed by atoms with Crippen LogP contribution in [0.2, 0.25) is 10.0 Å². The maximum atomic E-state index is 13.0. The van der Waals surface area contributed by atoms with E-state index >= 15 is 0 Å². The highest BCUT2D eigenvalue weighted by molar-refractivity contribution is 6.42. The van der Waals surface area contributed by atoms with Crippen molar-refractivity contribution in [3.8, 4) is 0 Å². The third kappa shape index (κ3) is 5.07. The monoisotopic (exact) mass is 434 g/mol. The van der Waals surface area contributed by atoms with E-state index in [0.29, 0.717) is 41.6 Å². The van der Waals surface area contributed by atoms with Crippen molar-refractivity contribution in [2.75, 3.05) is 20.3 Å². The number of rotatable bonds is 9. The number of halogens is 2. The van der Waals surface area contributed by atoms with Gasteiger partial charge in [0.25, 0.3) is 0 Å². The van der Waals surface area contributed by atoms with Crippen molar-refractivity contribution in [1.29, 1.82) is 0 Å². The lowest BCUT2D eigenvalue weighted by atomic mass is 10.1. The number of nitrogens with one attached hydrogen (secondary N) is 1. The molecule has 8 heteroatoms. The van der Waals surface area contributed by atoms with Gasteiger partial charge in [0.2, 0.25) is 5.91 Å². The molecule has 0 spiro atoms. The topological polar surface area (TPSA) is 69.0 Å². The van der Waals surface area contributed by atoms with Crippen LogP contribution in [0.3, 0.4) is 0 Å². The molecule has 0 aliphatic rings. The zero-order valence-electron chi connectivity index (χ0n) is 16.5. The number of imidazole rings is 1. The van der Waals surface area contributed by atoms with Gasteiger partial charge in [0.1, 0.15) is 11.9 Å². The number of amides is 1. The fraction of sp³-hybridized carbons (Fsp3) is 0.381. The van der Waals surface area contributed by atoms with Gasteiger partial charge in [0.15, 0.2) is 0 Å². The molecule has 0 fully saturated rings. The van der Waals surface area contributed by atoms with Crippen molar-refractivity contribution < 1.29 is 9.53 Å². The summed E-state index contributed by atoms with van der Waals surface area (Å²) >= 11 is 12.5. The smallest absolute Gasteiger partial charge is 0.243 e. The third-order valence-corrected chi connectivity index (χ3v) is 5.39. The average molecular weight is 435 g/mol. The minimum Gasteiger partial charge on any atom is -0.383 e. The molecule has 3 aromatic rings. The van der Waals surface area contributed by atoms with Crippen molar-refractivity contribution >= 4 is 40.1 Å². The minimum atomic E-state index is -0.411. The predicted molar refractivity (Wildman–Crippen MR) is 116 cm³/mol. The molecule has 0 radical (unpaired) electrons. The molecule has 1 amide bonds. The number of methoxy groups -OCH3 is 1. The second kappa shape index (κ2) is 10.1. The summed E-state index contributed by atoms with van der Waals surface area (Å²) < 4.78 is 7.03. The van der Waals surface area contributed by atoms with E-state index in [1.54, 1.807) is 31.6 Å². The molecule has 1 aromatic carbocycles. The Morgan fingerprint density at radius 3 is 2.79 bits per heavy atom. The fourth-order valence-electron chi connectivity index (χ4n) is 3.34. The van der Waals surface area contributed by atoms with Crippen LogP contribution in [0.1, 0.15) is 37.2 Å². The maximum absolute atomic E-state index is 13.0. The van der Waals surface area contributed by atoms with Gasteiger partial charge in [-0.05, 0) is 30.2 Å². The lowest BCUT2D eigenvalue weighted by Gasteiger charge is -2.21. The van der Waals surface area contributed by atoms with Crippen molar-refractivity contribution in [3.05, 3.63) is 58.1 Å². The molecule has 0 saturated heterocycles. The first-order valence-electron chi connectivity index (χ1n) is 9.56. The van der Waals surface area contributed by atoms with Crippen molar-refractivity contribution in [2.45, 2.75) is 32.2 Å². The van der Waals surface area contributed by atoms with Crippen LogP contribution >= 0.6 is 23.2 Å². The summed E-state index contributed by atoms with van der Waals surface area (Å²) in [7, 11) is 1.61. The zero-order valence-corrected chi connectivity index (χ0v) is 18.0. The zero-order chi connectivity index (χ0) is 20.8. The summed E-state index contributed by atoms with van der Waals surface area (Å²) in [5.74, 6) is 0.702. The lowest BCUT2D eigenvalue weighted by molar-refractivity contribution is -0.124. The van der Waals surface area contributed by atoms with Crippen molar-refractivity contribution in [1.82, 2.24) is 19.9 Å². The Kier molecular flexibility index (Phi) is 7.47. The van der Waals surface area contributed by atoms with Gasteiger partial charge in [-0.3, -0.25) is 9.78 Å². The number of hydrogen-bond donors (Lipinski definition) is 1. The van der Waals surface area contributed by atoms with E-state index in [-0.39, 0.29) is 5.91 Å². The predicted octanol–water partition coefficient (Wildman–Crippen LogP) is 4.43. The fourth-order valence-corrected chi connectivity index (χ4v) is 3.66. The molecule has 1 N–H and O–H groups in total. The van der Waals surface area contributed by atoms with Crippen LogP contribution in [0, 0.1) is 0 Å². The van der Waals surface area contributed by atoms with E-state index in [1.807, 2.05) is 16.7 Å². The molecule has 0 saturated carbocycles. The van der Waals surface area contributed by atoms with Crippen LogP contribution < -0.4 is 5.32 Å². The number of ether oxygens (including phenoxy) is 1. The van der Waals surface area contributed by atoms with Gasteiger partial charge >= 0.3 is 0 Å². The number of pyridine rings is 1. The SMILES string of the molecule is CCCC(C(=O)NCCOC)n1c(Cc2cccnc2)nc2cc(Cl)c(Cl)cc21. The summed E-state index contributed by atoms with van der Waals surface area (Å²) in [5.41, 5.74) is 2.51. The molecular weight excluding hydrogens is 411 g/mol. The molecule has 154 valence electrons. The normalized spacial score (nSPS) is 12.3. The number of nitrogens with zero attached hydrogens (tertiary/aromatic N) is 3. The third-order valence-electron chi connectivity index (χ3n) is 4.67. The molecule has 2 aromatic heterocycles. The molecule has 29 heavy (non-hydrogen) atoms. The molecule has 0 bridgehead atoms. The molecule has 1 atom stereocenters. The maximum Gasteiger partial charge on any atom is 0.243 e. The number of benzene rings is 1. The lowest BCUT2D eigenvalue weighted by Crippen LogP contribution is -2.35.